The minimum Gasteiger partial charge on any atom is -0.465 e. The first-order valence-electron chi connectivity index (χ1n) is 7.23. The van der Waals surface area contributed by atoms with E-state index < -0.39 is 0 Å². The zero-order valence-electron chi connectivity index (χ0n) is 12.8. The van der Waals surface area contributed by atoms with E-state index in [4.69, 9.17) is 4.74 Å². The first kappa shape index (κ1) is 15.2. The van der Waals surface area contributed by atoms with Crippen LogP contribution in [-0.4, -0.2) is 17.6 Å². The Kier molecular flexibility index (Phi) is 5.04. The lowest BCUT2D eigenvalue weighted by Crippen LogP contribution is -2.10. The highest BCUT2D eigenvalue weighted by Gasteiger charge is 2.11. The van der Waals surface area contributed by atoms with Crippen LogP contribution in [0.5, 0.6) is 0 Å². The van der Waals surface area contributed by atoms with Gasteiger partial charge >= 0.3 is 5.97 Å². The van der Waals surface area contributed by atoms with E-state index in [0.717, 1.165) is 30.8 Å². The third kappa shape index (κ3) is 3.45. The van der Waals surface area contributed by atoms with Gasteiger partial charge in [-0.2, -0.15) is 0 Å². The quantitative estimate of drug-likeness (QED) is 0.825. The first-order chi connectivity index (χ1) is 10.2. The molecule has 0 atom stereocenters. The smallest absolute Gasteiger partial charge is 0.338 e. The molecule has 1 N–H and O–H groups in total. The van der Waals surface area contributed by atoms with Gasteiger partial charge in [-0.25, -0.2) is 4.79 Å². The number of hydrogen-bond acceptors (Lipinski definition) is 3. The molecule has 4 heteroatoms. The molecule has 0 fully saturated rings. The van der Waals surface area contributed by atoms with Gasteiger partial charge in [0, 0.05) is 24.1 Å². The van der Waals surface area contributed by atoms with Crippen molar-refractivity contribution in [3.8, 4) is 0 Å². The van der Waals surface area contributed by atoms with Gasteiger partial charge < -0.3 is 14.6 Å². The summed E-state index contributed by atoms with van der Waals surface area (Å²) in [6.07, 6.45) is 3.21. The highest BCUT2D eigenvalue weighted by atomic mass is 16.5. The van der Waals surface area contributed by atoms with Crippen molar-refractivity contribution in [2.24, 2.45) is 0 Å². The summed E-state index contributed by atoms with van der Waals surface area (Å²) in [7, 11) is 1.40. The van der Waals surface area contributed by atoms with Crippen molar-refractivity contribution in [1.82, 2.24) is 4.57 Å². The largest absolute Gasteiger partial charge is 0.465 e. The Labute approximate surface area is 125 Å². The predicted molar refractivity (Wildman–Crippen MR) is 84.6 cm³/mol. The molecule has 0 amide bonds. The SMILES string of the molecule is CCCn1cccc1CNc1cccc(C(=O)OC)c1C. The monoisotopic (exact) mass is 286 g/mol. The molecule has 0 radical (unpaired) electrons. The minimum absolute atomic E-state index is 0.300. The molecule has 0 saturated carbocycles. The van der Waals surface area contributed by atoms with Gasteiger partial charge in [0.05, 0.1) is 19.2 Å². The van der Waals surface area contributed by atoms with Crippen molar-refractivity contribution >= 4 is 11.7 Å². The molecule has 1 heterocycles. The molecule has 2 aromatic rings. The van der Waals surface area contributed by atoms with Crippen LogP contribution in [0.15, 0.2) is 36.5 Å². The van der Waals surface area contributed by atoms with Gasteiger partial charge in [-0.15, -0.1) is 0 Å². The lowest BCUT2D eigenvalue weighted by Gasteiger charge is -2.14. The van der Waals surface area contributed by atoms with Crippen LogP contribution < -0.4 is 5.32 Å². The Morgan fingerprint density at radius 3 is 2.81 bits per heavy atom. The van der Waals surface area contributed by atoms with Gasteiger partial charge in [0.2, 0.25) is 0 Å². The summed E-state index contributed by atoms with van der Waals surface area (Å²) in [6, 6.07) is 9.81. The molecule has 21 heavy (non-hydrogen) atoms. The second kappa shape index (κ2) is 6.97. The molecular weight excluding hydrogens is 264 g/mol. The molecule has 112 valence electrons. The van der Waals surface area contributed by atoms with Gasteiger partial charge in [0.15, 0.2) is 0 Å². The number of anilines is 1. The average Bonchev–Trinajstić information content (AvgIpc) is 2.93. The second-order valence-electron chi connectivity index (χ2n) is 5.02. The molecule has 0 aliphatic rings. The number of benzene rings is 1. The molecule has 0 saturated heterocycles. The van der Waals surface area contributed by atoms with Crippen molar-refractivity contribution < 1.29 is 9.53 Å². The van der Waals surface area contributed by atoms with Crippen LogP contribution in [0.4, 0.5) is 5.69 Å². The Morgan fingerprint density at radius 2 is 2.10 bits per heavy atom. The summed E-state index contributed by atoms with van der Waals surface area (Å²) >= 11 is 0. The molecule has 0 bridgehead atoms. The summed E-state index contributed by atoms with van der Waals surface area (Å²) in [5.74, 6) is -0.300. The van der Waals surface area contributed by atoms with E-state index in [1.165, 1.54) is 12.8 Å². The highest BCUT2D eigenvalue weighted by molar-refractivity contribution is 5.92. The maximum Gasteiger partial charge on any atom is 0.338 e. The van der Waals surface area contributed by atoms with E-state index >= 15 is 0 Å². The van der Waals surface area contributed by atoms with Crippen LogP contribution in [0.2, 0.25) is 0 Å². The maximum atomic E-state index is 11.7. The fourth-order valence-corrected chi connectivity index (χ4v) is 2.41. The second-order valence-corrected chi connectivity index (χ2v) is 5.02. The van der Waals surface area contributed by atoms with Crippen molar-refractivity contribution in [2.75, 3.05) is 12.4 Å². The third-order valence-electron chi connectivity index (χ3n) is 3.59. The van der Waals surface area contributed by atoms with E-state index in [0.29, 0.717) is 5.56 Å². The highest BCUT2D eigenvalue weighted by Crippen LogP contribution is 2.20. The molecule has 0 unspecified atom stereocenters. The topological polar surface area (TPSA) is 43.3 Å². The Bertz CT molecular complexity index is 617. The summed E-state index contributed by atoms with van der Waals surface area (Å²) in [4.78, 5) is 11.7. The number of rotatable bonds is 6. The Balaban J connectivity index is 2.13. The number of methoxy groups -OCH3 is 1. The van der Waals surface area contributed by atoms with E-state index in [-0.39, 0.29) is 5.97 Å². The Morgan fingerprint density at radius 1 is 1.29 bits per heavy atom. The molecule has 1 aromatic carbocycles. The van der Waals surface area contributed by atoms with E-state index in [1.807, 2.05) is 19.1 Å². The molecular formula is C17H22N2O2. The van der Waals surface area contributed by atoms with Gasteiger partial charge in [-0.3, -0.25) is 0 Å². The number of aryl methyl sites for hydroxylation is 1. The zero-order valence-corrected chi connectivity index (χ0v) is 12.8. The van der Waals surface area contributed by atoms with Crippen molar-refractivity contribution in [1.29, 1.82) is 0 Å². The number of nitrogens with zero attached hydrogens (tertiary/aromatic N) is 1. The predicted octanol–water partition coefficient (Wildman–Crippen LogP) is 3.61. The third-order valence-corrected chi connectivity index (χ3v) is 3.59. The number of ether oxygens (including phenoxy) is 1. The van der Waals surface area contributed by atoms with Gasteiger partial charge in [-0.05, 0) is 43.2 Å². The average molecular weight is 286 g/mol. The van der Waals surface area contributed by atoms with Gasteiger partial charge in [0.25, 0.3) is 0 Å². The fraction of sp³-hybridized carbons (Fsp3) is 0.353. The van der Waals surface area contributed by atoms with Crippen molar-refractivity contribution in [2.45, 2.75) is 33.4 Å². The number of aromatic nitrogens is 1. The van der Waals surface area contributed by atoms with E-state index in [2.05, 4.69) is 35.1 Å². The molecule has 2 rings (SSSR count). The zero-order chi connectivity index (χ0) is 15.2. The molecule has 0 spiro atoms. The van der Waals surface area contributed by atoms with E-state index in [1.54, 1.807) is 6.07 Å². The van der Waals surface area contributed by atoms with Crippen molar-refractivity contribution in [3.05, 3.63) is 53.3 Å². The molecule has 1 aromatic heterocycles. The lowest BCUT2D eigenvalue weighted by molar-refractivity contribution is 0.0600. The summed E-state index contributed by atoms with van der Waals surface area (Å²) in [5.41, 5.74) is 3.71. The Hall–Kier alpha value is -2.23. The lowest BCUT2D eigenvalue weighted by atomic mass is 10.1. The summed E-state index contributed by atoms with van der Waals surface area (Å²) in [5, 5.41) is 3.40. The number of hydrogen-bond donors (Lipinski definition) is 1. The normalized spacial score (nSPS) is 10.4. The number of carbonyl (C=O) groups excluding carboxylic acids is 1. The van der Waals surface area contributed by atoms with Crippen LogP contribution >= 0.6 is 0 Å². The molecule has 0 aliphatic carbocycles. The number of nitrogens with one attached hydrogen (secondary N) is 1. The fourth-order valence-electron chi connectivity index (χ4n) is 2.41. The van der Waals surface area contributed by atoms with Gasteiger partial charge in [0.1, 0.15) is 0 Å². The van der Waals surface area contributed by atoms with Gasteiger partial charge in [-0.1, -0.05) is 13.0 Å². The van der Waals surface area contributed by atoms with Crippen molar-refractivity contribution in [3.63, 3.8) is 0 Å². The standard InChI is InChI=1S/C17H22N2O2/c1-4-10-19-11-6-7-14(19)12-18-16-9-5-8-15(13(16)2)17(20)21-3/h5-9,11,18H,4,10,12H2,1-3H3. The summed E-state index contributed by atoms with van der Waals surface area (Å²) < 4.78 is 7.05. The van der Waals surface area contributed by atoms with Crippen LogP contribution in [0.3, 0.4) is 0 Å². The number of carbonyl (C=O) groups is 1. The van der Waals surface area contributed by atoms with Crippen LogP contribution in [-0.2, 0) is 17.8 Å². The minimum atomic E-state index is -0.300. The molecule has 4 nitrogen and oxygen atoms in total. The summed E-state index contributed by atoms with van der Waals surface area (Å²) in [6.45, 7) is 5.85. The van der Waals surface area contributed by atoms with E-state index in [9.17, 15) is 4.79 Å². The van der Waals surface area contributed by atoms with Crippen LogP contribution in [0.1, 0.15) is 35.0 Å². The maximum absolute atomic E-state index is 11.7. The molecule has 0 aliphatic heterocycles. The van der Waals surface area contributed by atoms with Crippen LogP contribution in [0.25, 0.3) is 0 Å². The van der Waals surface area contributed by atoms with Crippen LogP contribution in [0, 0.1) is 6.92 Å². The first-order valence-corrected chi connectivity index (χ1v) is 7.23. The number of esters is 1.